The first-order chi connectivity index (χ1) is 11.1. The molecule has 1 aliphatic rings. The fourth-order valence-corrected chi connectivity index (χ4v) is 3.95. The molecule has 24 heavy (non-hydrogen) atoms. The summed E-state index contributed by atoms with van der Waals surface area (Å²) < 4.78 is 14.5. The van der Waals surface area contributed by atoms with Gasteiger partial charge in [-0.25, -0.2) is 4.39 Å². The maximum Gasteiger partial charge on any atom is 0.241 e. The van der Waals surface area contributed by atoms with E-state index in [0.29, 0.717) is 5.56 Å². The highest BCUT2D eigenvalue weighted by molar-refractivity contribution is 6.30. The Kier molecular flexibility index (Phi) is 5.54. The van der Waals surface area contributed by atoms with E-state index in [0.717, 1.165) is 0 Å². The van der Waals surface area contributed by atoms with Gasteiger partial charge in [-0.2, -0.15) is 0 Å². The summed E-state index contributed by atoms with van der Waals surface area (Å²) in [6.45, 7) is 5.28. The van der Waals surface area contributed by atoms with E-state index >= 15 is 0 Å². The van der Waals surface area contributed by atoms with E-state index in [2.05, 4.69) is 0 Å². The Morgan fingerprint density at radius 1 is 1.46 bits per heavy atom. The number of rotatable bonds is 3. The third-order valence-corrected chi connectivity index (χ3v) is 5.19. The number of amides is 1. The monoisotopic (exact) mass is 358 g/mol. The normalized spacial score (nSPS) is 28.8. The average Bonchev–Trinajstić information content (AvgIpc) is 2.49. The van der Waals surface area contributed by atoms with Gasteiger partial charge in [-0.1, -0.05) is 25.4 Å². The van der Waals surface area contributed by atoms with E-state index in [-0.39, 0.29) is 29.6 Å². The predicted octanol–water partition coefficient (Wildman–Crippen LogP) is 1.41. The molecule has 1 amide bonds. The molecule has 0 spiro atoms. The van der Waals surface area contributed by atoms with Gasteiger partial charge in [0.1, 0.15) is 17.5 Å². The predicted molar refractivity (Wildman–Crippen MR) is 90.0 cm³/mol. The molecule has 134 valence electrons. The fraction of sp³-hybridized carbons (Fsp3) is 0.588. The zero-order chi connectivity index (χ0) is 18.2. The van der Waals surface area contributed by atoms with Gasteiger partial charge in [0.05, 0.1) is 6.61 Å². The molecule has 1 aliphatic heterocycles. The minimum absolute atomic E-state index is 0.227. The van der Waals surface area contributed by atoms with Crippen LogP contribution >= 0.6 is 11.6 Å². The third kappa shape index (κ3) is 3.16. The lowest BCUT2D eigenvalue weighted by Gasteiger charge is -2.49. The van der Waals surface area contributed by atoms with Crippen LogP contribution in [-0.2, 0) is 10.4 Å². The number of hydrogen-bond acceptors (Lipinski definition) is 4. The minimum Gasteiger partial charge on any atom is -0.394 e. The summed E-state index contributed by atoms with van der Waals surface area (Å²) in [5, 5.41) is 20.7. The largest absolute Gasteiger partial charge is 0.394 e. The van der Waals surface area contributed by atoms with Crippen LogP contribution in [0.1, 0.15) is 25.0 Å². The SMILES string of the molecule is Cc1cc(Cl)cc(F)c1C1(O)[C@H](C)CN(C(=O)C(N)CO)C[C@@H]1C. The van der Waals surface area contributed by atoms with Crippen molar-refractivity contribution in [3.8, 4) is 0 Å². The van der Waals surface area contributed by atoms with Crippen LogP contribution in [0.4, 0.5) is 4.39 Å². The second-order valence-corrected chi connectivity index (χ2v) is 7.18. The molecule has 2 unspecified atom stereocenters. The standard InChI is InChI=1S/C17H24ClFN2O3/c1-9-4-12(18)5-13(19)15(9)17(24)10(2)6-21(7-11(17)3)16(23)14(20)8-22/h4-5,10-11,14,22,24H,6-8,20H2,1-3H3/t10-,11+,14?,17?. The van der Waals surface area contributed by atoms with Gasteiger partial charge in [0.15, 0.2) is 0 Å². The van der Waals surface area contributed by atoms with Crippen LogP contribution in [0.25, 0.3) is 0 Å². The fourth-order valence-electron chi connectivity index (χ4n) is 3.69. The first-order valence-electron chi connectivity index (χ1n) is 7.96. The van der Waals surface area contributed by atoms with Crippen LogP contribution < -0.4 is 5.73 Å². The number of aryl methyl sites for hydroxylation is 1. The van der Waals surface area contributed by atoms with E-state index < -0.39 is 35.9 Å². The molecule has 7 heteroatoms. The number of piperidine rings is 1. The van der Waals surface area contributed by atoms with Crippen LogP contribution in [0, 0.1) is 24.6 Å². The third-order valence-electron chi connectivity index (χ3n) is 4.97. The van der Waals surface area contributed by atoms with E-state index in [4.69, 9.17) is 22.4 Å². The van der Waals surface area contributed by atoms with Crippen LogP contribution in [0.15, 0.2) is 12.1 Å². The molecular weight excluding hydrogens is 335 g/mol. The Morgan fingerprint density at radius 3 is 2.46 bits per heavy atom. The number of halogens is 2. The molecule has 1 aromatic rings. The second kappa shape index (κ2) is 6.96. The van der Waals surface area contributed by atoms with Crippen molar-refractivity contribution in [2.45, 2.75) is 32.4 Å². The quantitative estimate of drug-likeness (QED) is 0.762. The molecule has 1 saturated heterocycles. The van der Waals surface area contributed by atoms with E-state index in [1.165, 1.54) is 11.0 Å². The number of nitrogens with two attached hydrogens (primary N) is 1. The minimum atomic E-state index is -1.42. The molecule has 0 bridgehead atoms. The van der Waals surface area contributed by atoms with Crippen molar-refractivity contribution in [3.63, 3.8) is 0 Å². The zero-order valence-electron chi connectivity index (χ0n) is 14.1. The number of aliphatic hydroxyl groups is 2. The lowest BCUT2D eigenvalue weighted by Crippen LogP contribution is -2.59. The Morgan fingerprint density at radius 2 is 2.00 bits per heavy atom. The topological polar surface area (TPSA) is 86.8 Å². The van der Waals surface area contributed by atoms with Crippen LogP contribution in [0.2, 0.25) is 5.02 Å². The molecular formula is C17H24ClFN2O3. The van der Waals surface area contributed by atoms with Crippen molar-refractivity contribution in [3.05, 3.63) is 34.1 Å². The summed E-state index contributed by atoms with van der Waals surface area (Å²) in [7, 11) is 0. The van der Waals surface area contributed by atoms with E-state index in [9.17, 15) is 14.3 Å². The number of carbonyl (C=O) groups excluding carboxylic acids is 1. The molecule has 0 aromatic heterocycles. The first-order valence-corrected chi connectivity index (χ1v) is 8.34. The van der Waals surface area contributed by atoms with Crippen LogP contribution in [0.3, 0.4) is 0 Å². The van der Waals surface area contributed by atoms with Crippen molar-refractivity contribution >= 4 is 17.5 Å². The first kappa shape index (κ1) is 19.1. The molecule has 0 radical (unpaired) electrons. The number of carbonyl (C=O) groups is 1. The summed E-state index contributed by atoms with van der Waals surface area (Å²) in [4.78, 5) is 13.7. The summed E-state index contributed by atoms with van der Waals surface area (Å²) in [5.74, 6) is -1.74. The number of aliphatic hydroxyl groups excluding tert-OH is 1. The smallest absolute Gasteiger partial charge is 0.241 e. The lowest BCUT2D eigenvalue weighted by atomic mass is 9.69. The van der Waals surface area contributed by atoms with E-state index in [1.54, 1.807) is 26.8 Å². The summed E-state index contributed by atoms with van der Waals surface area (Å²) in [6, 6.07) is 1.83. The van der Waals surface area contributed by atoms with Crippen LogP contribution in [0.5, 0.6) is 0 Å². The van der Waals surface area contributed by atoms with Crippen molar-refractivity contribution in [2.24, 2.45) is 17.6 Å². The molecule has 1 heterocycles. The Bertz CT molecular complexity index is 605. The lowest BCUT2D eigenvalue weighted by molar-refractivity contribution is -0.151. The number of nitrogens with zero attached hydrogens (tertiary/aromatic N) is 1. The number of benzene rings is 1. The second-order valence-electron chi connectivity index (χ2n) is 6.74. The van der Waals surface area contributed by atoms with E-state index in [1.807, 2.05) is 0 Å². The van der Waals surface area contributed by atoms with Gasteiger partial charge >= 0.3 is 0 Å². The molecule has 0 aliphatic carbocycles. The number of hydrogen-bond donors (Lipinski definition) is 3. The maximum atomic E-state index is 14.5. The van der Waals surface area contributed by atoms with Gasteiger partial charge in [-0.3, -0.25) is 4.79 Å². The molecule has 1 aromatic carbocycles. The van der Waals surface area contributed by atoms with Crippen LogP contribution in [-0.4, -0.2) is 46.8 Å². The highest BCUT2D eigenvalue weighted by Crippen LogP contribution is 2.44. The highest BCUT2D eigenvalue weighted by atomic mass is 35.5. The molecule has 5 nitrogen and oxygen atoms in total. The van der Waals surface area contributed by atoms with Gasteiger partial charge in [-0.05, 0) is 24.6 Å². The van der Waals surface area contributed by atoms with Crippen molar-refractivity contribution in [2.75, 3.05) is 19.7 Å². The molecule has 0 saturated carbocycles. The molecule has 4 N–H and O–H groups in total. The summed E-state index contributed by atoms with van der Waals surface area (Å²) in [6.07, 6.45) is 0. The van der Waals surface area contributed by atoms with Gasteiger partial charge in [-0.15, -0.1) is 0 Å². The molecule has 2 rings (SSSR count). The maximum absolute atomic E-state index is 14.5. The van der Waals surface area contributed by atoms with Crippen molar-refractivity contribution < 1.29 is 19.4 Å². The zero-order valence-corrected chi connectivity index (χ0v) is 14.8. The summed E-state index contributed by atoms with van der Waals surface area (Å²) >= 11 is 5.88. The number of likely N-dealkylation sites (tertiary alicyclic amines) is 1. The highest BCUT2D eigenvalue weighted by Gasteiger charge is 2.49. The Balaban J connectivity index is 2.38. The van der Waals surface area contributed by atoms with Crippen molar-refractivity contribution in [1.82, 2.24) is 4.90 Å². The molecule has 4 atom stereocenters. The average molecular weight is 359 g/mol. The molecule has 1 fully saturated rings. The van der Waals surface area contributed by atoms with Gasteiger partial charge in [0.25, 0.3) is 0 Å². The van der Waals surface area contributed by atoms with Gasteiger partial charge in [0.2, 0.25) is 5.91 Å². The Hall–Kier alpha value is -1.21. The Labute approximate surface area is 146 Å². The summed E-state index contributed by atoms with van der Waals surface area (Å²) in [5.41, 5.74) is 4.99. The van der Waals surface area contributed by atoms with Gasteiger partial charge < -0.3 is 20.8 Å². The van der Waals surface area contributed by atoms with Crippen molar-refractivity contribution in [1.29, 1.82) is 0 Å². The van der Waals surface area contributed by atoms with Gasteiger partial charge in [0, 0.05) is 35.5 Å².